The molecule has 154 valence electrons. The number of nitrogens with zero attached hydrogens (tertiary/aromatic N) is 3. The lowest BCUT2D eigenvalue weighted by atomic mass is 9.93. The molecule has 0 saturated carbocycles. The molecule has 9 heteroatoms. The summed E-state index contributed by atoms with van der Waals surface area (Å²) in [6.45, 7) is 5.22. The number of rotatable bonds is 5. The second-order valence-electron chi connectivity index (χ2n) is 7.66. The molecule has 3 heterocycles. The van der Waals surface area contributed by atoms with Crippen molar-refractivity contribution in [3.05, 3.63) is 0 Å². The molecule has 0 aromatic carbocycles. The van der Waals surface area contributed by atoms with Gasteiger partial charge in [-0.25, -0.2) is 0 Å². The molecule has 0 aromatic rings. The minimum atomic E-state index is -3.38. The number of amides is 1. The van der Waals surface area contributed by atoms with Crippen molar-refractivity contribution in [3.8, 4) is 0 Å². The lowest BCUT2D eigenvalue weighted by Gasteiger charge is -2.37. The molecule has 3 aliphatic heterocycles. The second kappa shape index (κ2) is 8.87. The van der Waals surface area contributed by atoms with E-state index < -0.39 is 10.2 Å². The van der Waals surface area contributed by atoms with E-state index in [1.54, 1.807) is 16.1 Å². The van der Waals surface area contributed by atoms with Crippen LogP contribution in [0.4, 0.5) is 0 Å². The topological polar surface area (TPSA) is 87.2 Å². The molecule has 3 rings (SSSR count). The number of ether oxygens (including phenoxy) is 1. The van der Waals surface area contributed by atoms with E-state index in [0.717, 1.165) is 25.7 Å². The normalized spacial score (nSPS) is 26.3. The zero-order chi connectivity index (χ0) is 19.4. The van der Waals surface area contributed by atoms with Crippen molar-refractivity contribution < 1.29 is 22.7 Å². The van der Waals surface area contributed by atoms with Gasteiger partial charge in [0.1, 0.15) is 0 Å². The van der Waals surface area contributed by atoms with E-state index in [-0.39, 0.29) is 23.7 Å². The maximum atomic E-state index is 12.9. The fraction of sp³-hybridized carbons (Fsp3) is 0.889. The van der Waals surface area contributed by atoms with Crippen LogP contribution in [0.25, 0.3) is 0 Å². The molecule has 0 N–H and O–H groups in total. The average Bonchev–Trinajstić information content (AvgIpc) is 3.23. The van der Waals surface area contributed by atoms with Crippen LogP contribution in [0.3, 0.4) is 0 Å². The van der Waals surface area contributed by atoms with Crippen LogP contribution in [-0.4, -0.2) is 79.7 Å². The molecule has 0 spiro atoms. The van der Waals surface area contributed by atoms with Crippen molar-refractivity contribution in [1.82, 2.24) is 13.5 Å². The van der Waals surface area contributed by atoms with E-state index in [4.69, 9.17) is 4.74 Å². The van der Waals surface area contributed by atoms with Gasteiger partial charge in [0, 0.05) is 45.2 Å². The zero-order valence-corrected chi connectivity index (χ0v) is 17.0. The van der Waals surface area contributed by atoms with Crippen molar-refractivity contribution in [2.45, 2.75) is 45.4 Å². The first-order valence-electron chi connectivity index (χ1n) is 10.1. The van der Waals surface area contributed by atoms with E-state index in [0.29, 0.717) is 58.7 Å². The van der Waals surface area contributed by atoms with Gasteiger partial charge in [0.05, 0.1) is 12.5 Å². The summed E-state index contributed by atoms with van der Waals surface area (Å²) in [7, 11) is -3.38. The Morgan fingerprint density at radius 3 is 2.15 bits per heavy atom. The molecule has 1 amide bonds. The van der Waals surface area contributed by atoms with Gasteiger partial charge in [-0.2, -0.15) is 17.0 Å². The highest BCUT2D eigenvalue weighted by Crippen LogP contribution is 2.27. The maximum absolute atomic E-state index is 12.9. The first kappa shape index (κ1) is 20.5. The Labute approximate surface area is 162 Å². The van der Waals surface area contributed by atoms with Crippen molar-refractivity contribution in [1.29, 1.82) is 0 Å². The fourth-order valence-electron chi connectivity index (χ4n) is 4.30. The summed E-state index contributed by atoms with van der Waals surface area (Å²) in [4.78, 5) is 26.6. The minimum absolute atomic E-state index is 0.0576. The van der Waals surface area contributed by atoms with Crippen LogP contribution in [0.2, 0.25) is 0 Å². The summed E-state index contributed by atoms with van der Waals surface area (Å²) in [6.07, 6.45) is 4.50. The number of piperidine rings is 2. The van der Waals surface area contributed by atoms with E-state index in [9.17, 15) is 18.0 Å². The molecule has 3 fully saturated rings. The van der Waals surface area contributed by atoms with Crippen molar-refractivity contribution >= 4 is 22.1 Å². The van der Waals surface area contributed by atoms with Gasteiger partial charge >= 0.3 is 5.97 Å². The molecule has 3 saturated heterocycles. The summed E-state index contributed by atoms with van der Waals surface area (Å²) in [5.41, 5.74) is 0. The Hall–Kier alpha value is -1.19. The first-order valence-corrected chi connectivity index (χ1v) is 11.5. The highest BCUT2D eigenvalue weighted by atomic mass is 32.2. The van der Waals surface area contributed by atoms with Crippen molar-refractivity contribution in [3.63, 3.8) is 0 Å². The lowest BCUT2D eigenvalue weighted by molar-refractivity contribution is -0.152. The highest BCUT2D eigenvalue weighted by molar-refractivity contribution is 7.86. The molecule has 27 heavy (non-hydrogen) atoms. The molecule has 1 atom stereocenters. The van der Waals surface area contributed by atoms with Gasteiger partial charge < -0.3 is 9.64 Å². The Bertz CT molecular complexity index is 639. The third-order valence-electron chi connectivity index (χ3n) is 5.87. The summed E-state index contributed by atoms with van der Waals surface area (Å²) in [6, 6.07) is 0. The zero-order valence-electron chi connectivity index (χ0n) is 16.1. The van der Waals surface area contributed by atoms with Crippen LogP contribution in [0.1, 0.15) is 45.4 Å². The van der Waals surface area contributed by atoms with Crippen LogP contribution < -0.4 is 0 Å². The fourth-order valence-corrected chi connectivity index (χ4v) is 6.02. The van der Waals surface area contributed by atoms with E-state index >= 15 is 0 Å². The summed E-state index contributed by atoms with van der Waals surface area (Å²) < 4.78 is 33.5. The molecule has 0 bridgehead atoms. The largest absolute Gasteiger partial charge is 0.466 e. The van der Waals surface area contributed by atoms with Gasteiger partial charge in [0.25, 0.3) is 10.2 Å². The number of hydrogen-bond acceptors (Lipinski definition) is 5. The predicted octanol–water partition coefficient (Wildman–Crippen LogP) is 0.841. The Morgan fingerprint density at radius 1 is 0.889 bits per heavy atom. The van der Waals surface area contributed by atoms with Crippen LogP contribution in [-0.2, 0) is 24.5 Å². The van der Waals surface area contributed by atoms with Gasteiger partial charge in [0.15, 0.2) is 0 Å². The SMILES string of the molecule is CCOC(=O)C1CCCN(C(=O)C2CCN(S(=O)(=O)N3CCCC3)CC2)C1. The standard InChI is InChI=1S/C18H31N3O5S/c1-2-26-18(23)16-6-5-9-19(14-16)17(22)15-7-12-21(13-8-15)27(24,25)20-10-3-4-11-20/h15-16H,2-14H2,1H3. The Kier molecular flexibility index (Phi) is 6.75. The van der Waals surface area contributed by atoms with Crippen LogP contribution >= 0.6 is 0 Å². The van der Waals surface area contributed by atoms with Gasteiger partial charge in [0.2, 0.25) is 5.91 Å². The smallest absolute Gasteiger partial charge is 0.310 e. The Morgan fingerprint density at radius 2 is 1.52 bits per heavy atom. The lowest BCUT2D eigenvalue weighted by Crippen LogP contribution is -2.50. The highest BCUT2D eigenvalue weighted by Gasteiger charge is 2.38. The van der Waals surface area contributed by atoms with Crippen LogP contribution in [0.15, 0.2) is 0 Å². The monoisotopic (exact) mass is 401 g/mol. The molecule has 1 unspecified atom stereocenters. The molecular weight excluding hydrogens is 370 g/mol. The van der Waals surface area contributed by atoms with Gasteiger partial charge in [-0.3, -0.25) is 9.59 Å². The third-order valence-corrected chi connectivity index (χ3v) is 7.91. The number of carbonyl (C=O) groups excluding carboxylic acids is 2. The molecule has 3 aliphatic rings. The number of carbonyl (C=O) groups is 2. The number of hydrogen-bond donors (Lipinski definition) is 0. The van der Waals surface area contributed by atoms with Gasteiger partial charge in [-0.15, -0.1) is 0 Å². The average molecular weight is 402 g/mol. The van der Waals surface area contributed by atoms with Crippen molar-refractivity contribution in [2.75, 3.05) is 45.9 Å². The predicted molar refractivity (Wildman–Crippen MR) is 100.0 cm³/mol. The van der Waals surface area contributed by atoms with Crippen molar-refractivity contribution in [2.24, 2.45) is 11.8 Å². The quantitative estimate of drug-likeness (QED) is 0.637. The molecule has 0 aromatic heterocycles. The van der Waals surface area contributed by atoms with Crippen LogP contribution in [0.5, 0.6) is 0 Å². The molecule has 8 nitrogen and oxygen atoms in total. The minimum Gasteiger partial charge on any atom is -0.466 e. The second-order valence-corrected chi connectivity index (χ2v) is 9.59. The third kappa shape index (κ3) is 4.63. The van der Waals surface area contributed by atoms with E-state index in [1.807, 2.05) is 0 Å². The summed E-state index contributed by atoms with van der Waals surface area (Å²) >= 11 is 0. The molecule has 0 aliphatic carbocycles. The summed E-state index contributed by atoms with van der Waals surface area (Å²) in [5, 5.41) is 0. The summed E-state index contributed by atoms with van der Waals surface area (Å²) in [5.74, 6) is -0.557. The Balaban J connectivity index is 1.53. The first-order chi connectivity index (χ1) is 12.9. The maximum Gasteiger partial charge on any atom is 0.310 e. The molecule has 0 radical (unpaired) electrons. The van der Waals surface area contributed by atoms with Crippen LogP contribution in [0, 0.1) is 11.8 Å². The van der Waals surface area contributed by atoms with E-state index in [1.165, 1.54) is 4.31 Å². The van der Waals surface area contributed by atoms with E-state index in [2.05, 4.69) is 0 Å². The number of esters is 1. The van der Waals surface area contributed by atoms with Gasteiger partial charge in [-0.05, 0) is 45.4 Å². The number of likely N-dealkylation sites (tertiary alicyclic amines) is 1. The van der Waals surface area contributed by atoms with Gasteiger partial charge in [-0.1, -0.05) is 0 Å². The molecular formula is C18H31N3O5S.